The number of hydrogen-bond donors (Lipinski definition) is 1. The van der Waals surface area contributed by atoms with E-state index in [4.69, 9.17) is 0 Å². The predicted molar refractivity (Wildman–Crippen MR) is 105 cm³/mol. The zero-order chi connectivity index (χ0) is 18.3. The molecule has 3 aromatic rings. The van der Waals surface area contributed by atoms with Crippen LogP contribution in [0.5, 0.6) is 0 Å². The third-order valence-electron chi connectivity index (χ3n) is 4.73. The fraction of sp³-hybridized carbons (Fsp3) is 0.471. The van der Waals surface area contributed by atoms with Gasteiger partial charge in [0.1, 0.15) is 22.0 Å². The standard InChI is InChI=1S/C17H20N6OS2/c1-9-6-4-5-7-23(9)14-12-10(2)13(26-16(12)19-8-18-14)15(24)20-17-22-21-11(3)25-17/h8-9H,4-7H2,1-3H3,(H,20,22,24). The number of fused-ring (bicyclic) bond motifs is 1. The highest BCUT2D eigenvalue weighted by molar-refractivity contribution is 7.21. The van der Waals surface area contributed by atoms with Crippen LogP contribution in [0, 0.1) is 13.8 Å². The molecule has 1 aliphatic heterocycles. The van der Waals surface area contributed by atoms with E-state index in [0.29, 0.717) is 16.1 Å². The van der Waals surface area contributed by atoms with Gasteiger partial charge in [-0.05, 0) is 45.6 Å². The summed E-state index contributed by atoms with van der Waals surface area (Å²) in [7, 11) is 0. The number of rotatable bonds is 3. The van der Waals surface area contributed by atoms with Crippen LogP contribution in [-0.2, 0) is 0 Å². The molecule has 1 unspecified atom stereocenters. The average Bonchev–Trinajstić information content (AvgIpc) is 3.19. The third kappa shape index (κ3) is 3.05. The zero-order valence-corrected chi connectivity index (χ0v) is 16.6. The van der Waals surface area contributed by atoms with Gasteiger partial charge in [-0.2, -0.15) is 0 Å². The molecule has 0 aliphatic carbocycles. The van der Waals surface area contributed by atoms with Crippen molar-refractivity contribution in [2.75, 3.05) is 16.8 Å². The minimum absolute atomic E-state index is 0.167. The van der Waals surface area contributed by atoms with E-state index in [9.17, 15) is 4.79 Å². The van der Waals surface area contributed by atoms with E-state index in [1.165, 1.54) is 41.9 Å². The van der Waals surface area contributed by atoms with Crippen LogP contribution in [0.2, 0.25) is 0 Å². The Kier molecular flexibility index (Phi) is 4.58. The Morgan fingerprint density at radius 2 is 2.08 bits per heavy atom. The van der Waals surface area contributed by atoms with Gasteiger partial charge in [0.25, 0.3) is 5.91 Å². The van der Waals surface area contributed by atoms with Crippen LogP contribution < -0.4 is 10.2 Å². The molecule has 4 heterocycles. The molecule has 4 rings (SSSR count). The first kappa shape index (κ1) is 17.3. The fourth-order valence-electron chi connectivity index (χ4n) is 3.40. The number of thiophene rings is 1. The van der Waals surface area contributed by atoms with Crippen LogP contribution in [0.3, 0.4) is 0 Å². The molecule has 1 amide bonds. The second-order valence-electron chi connectivity index (χ2n) is 6.55. The van der Waals surface area contributed by atoms with Gasteiger partial charge in [-0.25, -0.2) is 9.97 Å². The normalized spacial score (nSPS) is 17.7. The lowest BCUT2D eigenvalue weighted by Crippen LogP contribution is -2.38. The Hall–Kier alpha value is -2.13. The van der Waals surface area contributed by atoms with Gasteiger partial charge in [-0.3, -0.25) is 10.1 Å². The number of nitrogens with zero attached hydrogens (tertiary/aromatic N) is 5. The van der Waals surface area contributed by atoms with Crippen molar-refractivity contribution in [1.82, 2.24) is 20.2 Å². The smallest absolute Gasteiger partial charge is 0.267 e. The molecule has 9 heteroatoms. The molecule has 1 aliphatic rings. The summed E-state index contributed by atoms with van der Waals surface area (Å²) in [6.45, 7) is 7.06. The van der Waals surface area contributed by atoms with Crippen molar-refractivity contribution in [3.05, 3.63) is 21.8 Å². The van der Waals surface area contributed by atoms with E-state index < -0.39 is 0 Å². The summed E-state index contributed by atoms with van der Waals surface area (Å²) in [5, 5.41) is 13.1. The highest BCUT2D eigenvalue weighted by Gasteiger charge is 2.26. The Morgan fingerprint density at radius 3 is 2.81 bits per heavy atom. The highest BCUT2D eigenvalue weighted by atomic mass is 32.1. The molecule has 1 fully saturated rings. The van der Waals surface area contributed by atoms with Crippen molar-refractivity contribution in [3.8, 4) is 0 Å². The predicted octanol–water partition coefficient (Wildman–Crippen LogP) is 3.79. The molecule has 1 saturated heterocycles. The van der Waals surface area contributed by atoms with Crippen LogP contribution in [0.4, 0.5) is 10.9 Å². The van der Waals surface area contributed by atoms with Crippen LogP contribution in [0.1, 0.15) is 46.4 Å². The maximum Gasteiger partial charge on any atom is 0.267 e. The number of aryl methyl sites for hydroxylation is 2. The van der Waals surface area contributed by atoms with E-state index in [-0.39, 0.29) is 5.91 Å². The number of piperidine rings is 1. The maximum atomic E-state index is 12.7. The second-order valence-corrected chi connectivity index (χ2v) is 8.73. The second kappa shape index (κ2) is 6.88. The van der Waals surface area contributed by atoms with Crippen molar-refractivity contribution < 1.29 is 4.79 Å². The van der Waals surface area contributed by atoms with Gasteiger partial charge in [0.2, 0.25) is 5.13 Å². The number of carbonyl (C=O) groups excluding carboxylic acids is 1. The summed E-state index contributed by atoms with van der Waals surface area (Å²) in [5.74, 6) is 0.779. The molecule has 0 radical (unpaired) electrons. The number of hydrogen-bond acceptors (Lipinski definition) is 8. The molecule has 7 nitrogen and oxygen atoms in total. The SMILES string of the molecule is Cc1nnc(NC(=O)c2sc3ncnc(N4CCCCC4C)c3c2C)s1. The van der Waals surface area contributed by atoms with Crippen LogP contribution in [-0.4, -0.2) is 38.7 Å². The third-order valence-corrected chi connectivity index (χ3v) is 6.69. The van der Waals surface area contributed by atoms with E-state index in [1.807, 2.05) is 13.8 Å². The summed E-state index contributed by atoms with van der Waals surface area (Å²) >= 11 is 2.77. The summed E-state index contributed by atoms with van der Waals surface area (Å²) < 4.78 is 0. The molecule has 136 valence electrons. The summed E-state index contributed by atoms with van der Waals surface area (Å²) in [6, 6.07) is 0.447. The maximum absolute atomic E-state index is 12.7. The number of aromatic nitrogens is 4. The van der Waals surface area contributed by atoms with Gasteiger partial charge in [-0.15, -0.1) is 21.5 Å². The molecule has 1 N–H and O–H groups in total. The van der Waals surface area contributed by atoms with Gasteiger partial charge in [0, 0.05) is 12.6 Å². The minimum Gasteiger partial charge on any atom is -0.353 e. The summed E-state index contributed by atoms with van der Waals surface area (Å²) in [5.41, 5.74) is 0.928. The number of amides is 1. The average molecular weight is 389 g/mol. The molecule has 0 bridgehead atoms. The number of carbonyl (C=O) groups is 1. The Bertz CT molecular complexity index is 965. The van der Waals surface area contributed by atoms with Gasteiger partial charge in [0.05, 0.1) is 10.3 Å². The quantitative estimate of drug-likeness (QED) is 0.735. The largest absolute Gasteiger partial charge is 0.353 e. The van der Waals surface area contributed by atoms with Crippen LogP contribution in [0.25, 0.3) is 10.2 Å². The van der Waals surface area contributed by atoms with Crippen LogP contribution >= 0.6 is 22.7 Å². The van der Waals surface area contributed by atoms with Crippen molar-refractivity contribution in [2.24, 2.45) is 0 Å². The highest BCUT2D eigenvalue weighted by Crippen LogP contribution is 2.37. The monoisotopic (exact) mass is 388 g/mol. The van der Waals surface area contributed by atoms with Gasteiger partial charge in [0.15, 0.2) is 0 Å². The lowest BCUT2D eigenvalue weighted by atomic mass is 10.0. The first-order valence-electron chi connectivity index (χ1n) is 8.67. The van der Waals surface area contributed by atoms with Crippen molar-refractivity contribution >= 4 is 49.7 Å². The molecular formula is C17H20N6OS2. The van der Waals surface area contributed by atoms with E-state index >= 15 is 0 Å². The molecule has 26 heavy (non-hydrogen) atoms. The Morgan fingerprint density at radius 1 is 1.23 bits per heavy atom. The lowest BCUT2D eigenvalue weighted by molar-refractivity contribution is 0.103. The van der Waals surface area contributed by atoms with Gasteiger partial charge < -0.3 is 4.90 Å². The molecule has 0 saturated carbocycles. The minimum atomic E-state index is -0.167. The molecule has 0 spiro atoms. The first-order valence-corrected chi connectivity index (χ1v) is 10.3. The van der Waals surface area contributed by atoms with E-state index in [0.717, 1.165) is 33.2 Å². The van der Waals surface area contributed by atoms with Gasteiger partial charge in [-0.1, -0.05) is 11.3 Å². The molecule has 3 aromatic heterocycles. The molecule has 0 aromatic carbocycles. The van der Waals surface area contributed by atoms with Crippen molar-refractivity contribution in [3.63, 3.8) is 0 Å². The number of anilines is 2. The summed E-state index contributed by atoms with van der Waals surface area (Å²) in [6.07, 6.45) is 5.19. The molecular weight excluding hydrogens is 368 g/mol. The van der Waals surface area contributed by atoms with E-state index in [2.05, 4.69) is 37.3 Å². The fourth-order valence-corrected chi connectivity index (χ4v) is 5.03. The van der Waals surface area contributed by atoms with Crippen LogP contribution in [0.15, 0.2) is 6.33 Å². The first-order chi connectivity index (χ1) is 12.5. The molecule has 1 atom stereocenters. The number of nitrogens with one attached hydrogen (secondary N) is 1. The Labute approximate surface area is 159 Å². The lowest BCUT2D eigenvalue weighted by Gasteiger charge is -2.34. The van der Waals surface area contributed by atoms with E-state index in [1.54, 1.807) is 6.33 Å². The zero-order valence-electron chi connectivity index (χ0n) is 14.9. The van der Waals surface area contributed by atoms with Gasteiger partial charge >= 0.3 is 0 Å². The van der Waals surface area contributed by atoms with Crippen molar-refractivity contribution in [2.45, 2.75) is 46.1 Å². The topological polar surface area (TPSA) is 83.9 Å². The Balaban J connectivity index is 1.72. The van der Waals surface area contributed by atoms with Crippen molar-refractivity contribution in [1.29, 1.82) is 0 Å². The summed E-state index contributed by atoms with van der Waals surface area (Å²) in [4.78, 5) is 25.6.